The predicted octanol–water partition coefficient (Wildman–Crippen LogP) is 2.78. The summed E-state index contributed by atoms with van der Waals surface area (Å²) in [6.45, 7) is 12.1. The van der Waals surface area contributed by atoms with Crippen LogP contribution in [-0.2, 0) is 11.2 Å². The van der Waals surface area contributed by atoms with E-state index < -0.39 is 0 Å². The van der Waals surface area contributed by atoms with Crippen LogP contribution in [-0.4, -0.2) is 42.3 Å². The maximum absolute atomic E-state index is 5.64. The molecular formula is C16H28N4O. The fourth-order valence-electron chi connectivity index (χ4n) is 2.62. The van der Waals surface area contributed by atoms with Gasteiger partial charge in [-0.05, 0) is 26.7 Å². The molecule has 1 N–H and O–H groups in total. The summed E-state index contributed by atoms with van der Waals surface area (Å²) in [6, 6.07) is 0. The van der Waals surface area contributed by atoms with Crippen LogP contribution >= 0.6 is 0 Å². The molecular weight excluding hydrogens is 264 g/mol. The summed E-state index contributed by atoms with van der Waals surface area (Å²) in [6.07, 6.45) is 3.34. The highest BCUT2D eigenvalue weighted by Crippen LogP contribution is 2.25. The van der Waals surface area contributed by atoms with E-state index in [1.165, 1.54) is 0 Å². The minimum atomic E-state index is 0.259. The molecule has 0 radical (unpaired) electrons. The number of nitrogens with zero attached hydrogens (tertiary/aromatic N) is 3. The second-order valence-electron chi connectivity index (χ2n) is 5.74. The molecule has 2 heterocycles. The Labute approximate surface area is 128 Å². The molecule has 2 rings (SSSR count). The summed E-state index contributed by atoms with van der Waals surface area (Å²) in [5, 5.41) is 3.44. The van der Waals surface area contributed by atoms with Gasteiger partial charge in [0.1, 0.15) is 17.5 Å². The maximum Gasteiger partial charge on any atom is 0.137 e. The average Bonchev–Trinajstić information content (AvgIpc) is 2.47. The van der Waals surface area contributed by atoms with Crippen molar-refractivity contribution in [3.63, 3.8) is 0 Å². The quantitative estimate of drug-likeness (QED) is 0.873. The molecule has 0 spiro atoms. The van der Waals surface area contributed by atoms with Gasteiger partial charge in [-0.15, -0.1) is 0 Å². The molecule has 1 saturated heterocycles. The summed E-state index contributed by atoms with van der Waals surface area (Å²) in [4.78, 5) is 11.8. The van der Waals surface area contributed by atoms with Crippen LogP contribution < -0.4 is 10.2 Å². The van der Waals surface area contributed by atoms with Crippen LogP contribution in [0.4, 0.5) is 11.6 Å². The molecule has 0 aliphatic carbocycles. The maximum atomic E-state index is 5.64. The van der Waals surface area contributed by atoms with Crippen molar-refractivity contribution in [2.24, 2.45) is 0 Å². The third kappa shape index (κ3) is 4.06. The van der Waals surface area contributed by atoms with Gasteiger partial charge in [0.15, 0.2) is 0 Å². The topological polar surface area (TPSA) is 50.3 Å². The van der Waals surface area contributed by atoms with Crippen LogP contribution in [0.2, 0.25) is 0 Å². The van der Waals surface area contributed by atoms with Crippen LogP contribution in [0, 0.1) is 6.92 Å². The lowest BCUT2D eigenvalue weighted by atomic mass is 10.2. The van der Waals surface area contributed by atoms with Crippen LogP contribution in [0.15, 0.2) is 0 Å². The molecule has 1 aromatic heterocycles. The van der Waals surface area contributed by atoms with E-state index in [2.05, 4.69) is 37.9 Å². The van der Waals surface area contributed by atoms with Gasteiger partial charge in [0, 0.05) is 31.6 Å². The number of rotatable bonds is 6. The minimum Gasteiger partial charge on any atom is -0.375 e. The predicted molar refractivity (Wildman–Crippen MR) is 87.2 cm³/mol. The third-order valence-electron chi connectivity index (χ3n) is 3.72. The van der Waals surface area contributed by atoms with E-state index in [1.54, 1.807) is 0 Å². The fourth-order valence-corrected chi connectivity index (χ4v) is 2.62. The number of ether oxygens (including phenoxy) is 1. The summed E-state index contributed by atoms with van der Waals surface area (Å²) in [5.74, 6) is 3.00. The summed E-state index contributed by atoms with van der Waals surface area (Å²) >= 11 is 0. The monoisotopic (exact) mass is 292 g/mol. The first-order valence-electron chi connectivity index (χ1n) is 8.13. The number of nitrogens with one attached hydrogen (secondary N) is 1. The van der Waals surface area contributed by atoms with E-state index in [9.17, 15) is 0 Å². The highest BCUT2D eigenvalue weighted by atomic mass is 16.5. The molecule has 5 heteroatoms. The first-order valence-corrected chi connectivity index (χ1v) is 8.13. The van der Waals surface area contributed by atoms with Gasteiger partial charge in [-0.1, -0.05) is 13.8 Å². The molecule has 0 bridgehead atoms. The lowest BCUT2D eigenvalue weighted by molar-refractivity contribution is 0.0529. The van der Waals surface area contributed by atoms with Gasteiger partial charge >= 0.3 is 0 Å². The second kappa shape index (κ2) is 7.59. The molecule has 1 fully saturated rings. The van der Waals surface area contributed by atoms with Crippen molar-refractivity contribution in [3.8, 4) is 0 Å². The Kier molecular flexibility index (Phi) is 5.79. The van der Waals surface area contributed by atoms with Crippen LogP contribution in [0.3, 0.4) is 0 Å². The Hall–Kier alpha value is -1.36. The Balaban J connectivity index is 2.30. The smallest absolute Gasteiger partial charge is 0.137 e. The largest absolute Gasteiger partial charge is 0.375 e. The molecule has 0 aromatic carbocycles. The van der Waals surface area contributed by atoms with Crippen LogP contribution in [0.1, 0.15) is 45.0 Å². The molecule has 118 valence electrons. The second-order valence-corrected chi connectivity index (χ2v) is 5.74. The Morgan fingerprint density at radius 3 is 2.76 bits per heavy atom. The molecule has 1 aliphatic rings. The van der Waals surface area contributed by atoms with E-state index in [4.69, 9.17) is 14.7 Å². The summed E-state index contributed by atoms with van der Waals surface area (Å²) in [7, 11) is 0. The van der Waals surface area contributed by atoms with E-state index in [0.29, 0.717) is 0 Å². The zero-order valence-corrected chi connectivity index (χ0v) is 13.8. The number of hydrogen-bond donors (Lipinski definition) is 1. The van der Waals surface area contributed by atoms with Gasteiger partial charge in [-0.3, -0.25) is 0 Å². The molecule has 21 heavy (non-hydrogen) atoms. The Bertz CT molecular complexity index is 464. The van der Waals surface area contributed by atoms with E-state index in [0.717, 1.165) is 68.5 Å². The van der Waals surface area contributed by atoms with Gasteiger partial charge < -0.3 is 15.0 Å². The van der Waals surface area contributed by atoms with E-state index >= 15 is 0 Å². The van der Waals surface area contributed by atoms with Crippen molar-refractivity contribution in [2.45, 2.75) is 53.1 Å². The standard InChI is InChI=1S/C16H28N4O/c1-5-7-14-18-15(17-8-6-2)13(4)16(19-14)20-9-10-21-12(3)11-20/h12H,5-11H2,1-4H3,(H,17,18,19). The van der Waals surface area contributed by atoms with Crippen molar-refractivity contribution in [2.75, 3.05) is 36.5 Å². The average molecular weight is 292 g/mol. The summed E-state index contributed by atoms with van der Waals surface area (Å²) in [5.41, 5.74) is 1.15. The third-order valence-corrected chi connectivity index (χ3v) is 3.72. The Morgan fingerprint density at radius 1 is 1.29 bits per heavy atom. The van der Waals surface area contributed by atoms with Crippen LogP contribution in [0.5, 0.6) is 0 Å². The number of aryl methyl sites for hydroxylation is 1. The molecule has 1 atom stereocenters. The van der Waals surface area contributed by atoms with Crippen molar-refractivity contribution >= 4 is 11.6 Å². The van der Waals surface area contributed by atoms with Crippen LogP contribution in [0.25, 0.3) is 0 Å². The zero-order valence-electron chi connectivity index (χ0n) is 13.8. The van der Waals surface area contributed by atoms with Crippen molar-refractivity contribution in [3.05, 3.63) is 11.4 Å². The molecule has 5 nitrogen and oxygen atoms in total. The van der Waals surface area contributed by atoms with Crippen molar-refractivity contribution in [1.82, 2.24) is 9.97 Å². The zero-order chi connectivity index (χ0) is 15.2. The van der Waals surface area contributed by atoms with Gasteiger partial charge in [0.05, 0.1) is 12.7 Å². The van der Waals surface area contributed by atoms with Crippen molar-refractivity contribution < 1.29 is 4.74 Å². The molecule has 1 aliphatic heterocycles. The normalized spacial score (nSPS) is 18.9. The minimum absolute atomic E-state index is 0.259. The highest BCUT2D eigenvalue weighted by Gasteiger charge is 2.22. The van der Waals surface area contributed by atoms with Crippen molar-refractivity contribution in [1.29, 1.82) is 0 Å². The summed E-state index contributed by atoms with van der Waals surface area (Å²) < 4.78 is 5.64. The van der Waals surface area contributed by atoms with E-state index in [1.807, 2.05) is 0 Å². The lowest BCUT2D eigenvalue weighted by Crippen LogP contribution is -2.42. The van der Waals surface area contributed by atoms with Gasteiger partial charge in [-0.25, -0.2) is 9.97 Å². The van der Waals surface area contributed by atoms with Gasteiger partial charge in [-0.2, -0.15) is 0 Å². The highest BCUT2D eigenvalue weighted by molar-refractivity contribution is 5.59. The Morgan fingerprint density at radius 2 is 2.10 bits per heavy atom. The number of anilines is 2. The first-order chi connectivity index (χ1) is 10.2. The number of aromatic nitrogens is 2. The SMILES string of the molecule is CCCNc1nc(CCC)nc(N2CCOC(C)C2)c1C. The van der Waals surface area contributed by atoms with E-state index in [-0.39, 0.29) is 6.10 Å². The lowest BCUT2D eigenvalue weighted by Gasteiger charge is -2.33. The molecule has 1 aromatic rings. The number of morpholine rings is 1. The number of hydrogen-bond acceptors (Lipinski definition) is 5. The first kappa shape index (κ1) is 16.0. The molecule has 0 saturated carbocycles. The molecule has 1 unspecified atom stereocenters. The van der Waals surface area contributed by atoms with Gasteiger partial charge in [0.25, 0.3) is 0 Å². The van der Waals surface area contributed by atoms with Gasteiger partial charge in [0.2, 0.25) is 0 Å². The fraction of sp³-hybridized carbons (Fsp3) is 0.750. The molecule has 0 amide bonds.